The van der Waals surface area contributed by atoms with Crippen LogP contribution in [0.5, 0.6) is 11.5 Å². The Hall–Kier alpha value is -2.54. The number of amides is 2. The molecule has 6 nitrogen and oxygen atoms in total. The number of hydrogen-bond donors (Lipinski definition) is 2. The second-order valence-electron chi connectivity index (χ2n) is 6.99. The smallest absolute Gasteiger partial charge is 0.269 e. The van der Waals surface area contributed by atoms with Gasteiger partial charge >= 0.3 is 0 Å². The molecule has 2 aliphatic rings. The lowest BCUT2D eigenvalue weighted by atomic mass is 9.88. The van der Waals surface area contributed by atoms with E-state index >= 15 is 0 Å². The highest BCUT2D eigenvalue weighted by Gasteiger charge is 2.31. The van der Waals surface area contributed by atoms with Gasteiger partial charge in [-0.25, -0.2) is 0 Å². The molecule has 2 aromatic rings. The van der Waals surface area contributed by atoms with Gasteiger partial charge in [-0.05, 0) is 42.9 Å². The molecular formula is C20H22N2O4S. The van der Waals surface area contributed by atoms with E-state index in [2.05, 4.69) is 17.6 Å². The fourth-order valence-electron chi connectivity index (χ4n) is 3.55. The Morgan fingerprint density at radius 1 is 1.22 bits per heavy atom. The molecule has 27 heavy (non-hydrogen) atoms. The van der Waals surface area contributed by atoms with Gasteiger partial charge in [-0.3, -0.25) is 9.59 Å². The fraction of sp³-hybridized carbons (Fsp3) is 0.400. The molecule has 1 aromatic heterocycles. The van der Waals surface area contributed by atoms with Crippen molar-refractivity contribution in [1.29, 1.82) is 0 Å². The van der Waals surface area contributed by atoms with Crippen LogP contribution >= 0.6 is 11.3 Å². The Morgan fingerprint density at radius 3 is 2.78 bits per heavy atom. The van der Waals surface area contributed by atoms with Gasteiger partial charge in [-0.15, -0.1) is 11.3 Å². The summed E-state index contributed by atoms with van der Waals surface area (Å²) >= 11 is 1.50. The Bertz CT molecular complexity index is 892. The van der Waals surface area contributed by atoms with Gasteiger partial charge in [0.1, 0.15) is 11.6 Å². The highest BCUT2D eigenvalue weighted by atomic mass is 32.1. The minimum Gasteiger partial charge on any atom is -0.485 e. The van der Waals surface area contributed by atoms with E-state index in [1.165, 1.54) is 16.2 Å². The summed E-state index contributed by atoms with van der Waals surface area (Å²) in [6.07, 6.45) is 2.10. The summed E-state index contributed by atoms with van der Waals surface area (Å²) in [4.78, 5) is 26.4. The first-order valence-electron chi connectivity index (χ1n) is 9.12. The summed E-state index contributed by atoms with van der Waals surface area (Å²) in [5.74, 6) is 1.30. The molecule has 7 heteroatoms. The first-order chi connectivity index (χ1) is 13.1. The van der Waals surface area contributed by atoms with E-state index in [0.29, 0.717) is 28.0 Å². The number of benzene rings is 1. The Balaban J connectivity index is 1.57. The number of carbonyl (C=O) groups is 2. The Morgan fingerprint density at radius 2 is 2.00 bits per heavy atom. The standard InChI is InChI=1S/C20H22N2O4S/c1-11-7-8-12-16(9-11)27-20(17(12)19(24)21-2)22-18(23)15-10-25-13-5-3-4-6-14(13)26-15/h3-6,11,15H,7-10H2,1-2H3,(H,21,24)(H,22,23)/t11-,15+/m0/s1. The van der Waals surface area contributed by atoms with Crippen LogP contribution in [0, 0.1) is 5.92 Å². The number of nitrogens with one attached hydrogen (secondary N) is 2. The van der Waals surface area contributed by atoms with E-state index in [4.69, 9.17) is 9.47 Å². The third-order valence-corrected chi connectivity index (χ3v) is 6.17. The molecule has 4 rings (SSSR count). The number of para-hydroxylation sites is 2. The summed E-state index contributed by atoms with van der Waals surface area (Å²) in [7, 11) is 1.61. The van der Waals surface area contributed by atoms with Gasteiger partial charge in [-0.1, -0.05) is 19.1 Å². The van der Waals surface area contributed by atoms with Crippen molar-refractivity contribution in [2.75, 3.05) is 19.0 Å². The third kappa shape index (κ3) is 3.39. The molecule has 0 fully saturated rings. The summed E-state index contributed by atoms with van der Waals surface area (Å²) < 4.78 is 11.4. The van der Waals surface area contributed by atoms with E-state index in [0.717, 1.165) is 24.8 Å². The van der Waals surface area contributed by atoms with Crippen molar-refractivity contribution in [2.24, 2.45) is 5.92 Å². The molecule has 0 radical (unpaired) electrons. The molecule has 1 aromatic carbocycles. The average molecular weight is 386 g/mol. The molecule has 0 bridgehead atoms. The second kappa shape index (κ2) is 7.23. The van der Waals surface area contributed by atoms with Gasteiger partial charge in [0.2, 0.25) is 6.10 Å². The molecule has 2 atom stereocenters. The summed E-state index contributed by atoms with van der Waals surface area (Å²) in [5, 5.41) is 6.21. The van der Waals surface area contributed by atoms with Crippen molar-refractivity contribution in [3.8, 4) is 11.5 Å². The second-order valence-corrected chi connectivity index (χ2v) is 8.09. The predicted molar refractivity (Wildman–Crippen MR) is 104 cm³/mol. The van der Waals surface area contributed by atoms with E-state index < -0.39 is 6.10 Å². The molecule has 1 aliphatic heterocycles. The molecule has 2 N–H and O–H groups in total. The van der Waals surface area contributed by atoms with E-state index in [9.17, 15) is 9.59 Å². The maximum atomic E-state index is 12.8. The van der Waals surface area contributed by atoms with Gasteiger partial charge in [-0.2, -0.15) is 0 Å². The Labute approximate surface area is 161 Å². The topological polar surface area (TPSA) is 76.7 Å². The lowest BCUT2D eigenvalue weighted by molar-refractivity contribution is -0.125. The number of fused-ring (bicyclic) bond motifs is 2. The molecule has 0 saturated carbocycles. The predicted octanol–water partition coefficient (Wildman–Crippen LogP) is 3.01. The van der Waals surface area contributed by atoms with Crippen molar-refractivity contribution in [2.45, 2.75) is 32.3 Å². The average Bonchev–Trinajstić information content (AvgIpc) is 3.03. The van der Waals surface area contributed by atoms with Crippen molar-refractivity contribution < 1.29 is 19.1 Å². The minimum atomic E-state index is -0.754. The molecule has 142 valence electrons. The lowest BCUT2D eigenvalue weighted by Gasteiger charge is -2.25. The Kier molecular flexibility index (Phi) is 4.78. The van der Waals surface area contributed by atoms with Gasteiger partial charge in [0.25, 0.3) is 11.8 Å². The van der Waals surface area contributed by atoms with Crippen LogP contribution in [0.25, 0.3) is 0 Å². The maximum Gasteiger partial charge on any atom is 0.269 e. The first-order valence-corrected chi connectivity index (χ1v) is 9.94. The normalized spacial score (nSPS) is 20.5. The SMILES string of the molecule is CNC(=O)c1c(NC(=O)[C@H]2COc3ccccc3O2)sc2c1CC[C@H](C)C2. The summed E-state index contributed by atoms with van der Waals surface area (Å²) in [6.45, 7) is 2.35. The highest BCUT2D eigenvalue weighted by molar-refractivity contribution is 7.17. The number of hydrogen-bond acceptors (Lipinski definition) is 5. The van der Waals surface area contributed by atoms with Gasteiger partial charge in [0.05, 0.1) is 5.56 Å². The molecule has 0 unspecified atom stereocenters. The maximum absolute atomic E-state index is 12.8. The van der Waals surface area contributed by atoms with Crippen molar-refractivity contribution >= 4 is 28.2 Å². The summed E-state index contributed by atoms with van der Waals surface area (Å²) in [6, 6.07) is 7.27. The van der Waals surface area contributed by atoms with Crippen LogP contribution in [0.1, 0.15) is 34.1 Å². The zero-order valence-corrected chi connectivity index (χ0v) is 16.2. The fourth-order valence-corrected chi connectivity index (χ4v) is 4.96. The quantitative estimate of drug-likeness (QED) is 0.850. The number of thiophene rings is 1. The van der Waals surface area contributed by atoms with Crippen LogP contribution in [0.3, 0.4) is 0 Å². The van der Waals surface area contributed by atoms with Gasteiger partial charge < -0.3 is 20.1 Å². The minimum absolute atomic E-state index is 0.139. The van der Waals surface area contributed by atoms with Crippen LogP contribution in [0.15, 0.2) is 24.3 Å². The molecule has 0 saturated heterocycles. The van der Waals surface area contributed by atoms with Gasteiger partial charge in [0, 0.05) is 11.9 Å². The van der Waals surface area contributed by atoms with Gasteiger partial charge in [0.15, 0.2) is 11.5 Å². The molecule has 2 amide bonds. The van der Waals surface area contributed by atoms with Crippen LogP contribution in [0.4, 0.5) is 5.00 Å². The summed E-state index contributed by atoms with van der Waals surface area (Å²) in [5.41, 5.74) is 1.66. The highest BCUT2D eigenvalue weighted by Crippen LogP contribution is 2.40. The van der Waals surface area contributed by atoms with Crippen LogP contribution in [-0.4, -0.2) is 31.6 Å². The molecule has 1 aliphatic carbocycles. The molecular weight excluding hydrogens is 364 g/mol. The third-order valence-electron chi connectivity index (χ3n) is 5.00. The molecule has 2 heterocycles. The van der Waals surface area contributed by atoms with Crippen LogP contribution < -0.4 is 20.1 Å². The number of ether oxygens (including phenoxy) is 2. The largest absolute Gasteiger partial charge is 0.485 e. The number of carbonyl (C=O) groups excluding carboxylic acids is 2. The zero-order valence-electron chi connectivity index (χ0n) is 15.3. The van der Waals surface area contributed by atoms with E-state index in [1.807, 2.05) is 18.2 Å². The van der Waals surface area contributed by atoms with Crippen molar-refractivity contribution in [3.63, 3.8) is 0 Å². The van der Waals surface area contributed by atoms with Crippen molar-refractivity contribution in [3.05, 3.63) is 40.3 Å². The van der Waals surface area contributed by atoms with Crippen molar-refractivity contribution in [1.82, 2.24) is 5.32 Å². The number of anilines is 1. The first kappa shape index (κ1) is 17.9. The van der Waals surface area contributed by atoms with E-state index in [1.54, 1.807) is 13.1 Å². The monoisotopic (exact) mass is 386 g/mol. The van der Waals surface area contributed by atoms with Crippen LogP contribution in [-0.2, 0) is 17.6 Å². The lowest BCUT2D eigenvalue weighted by Crippen LogP contribution is -2.40. The number of rotatable bonds is 3. The van der Waals surface area contributed by atoms with E-state index in [-0.39, 0.29) is 18.4 Å². The zero-order chi connectivity index (χ0) is 19.0. The molecule has 0 spiro atoms. The van der Waals surface area contributed by atoms with Crippen LogP contribution in [0.2, 0.25) is 0 Å².